The van der Waals surface area contributed by atoms with Gasteiger partial charge in [0.2, 0.25) is 0 Å². The molecule has 1 heterocycles. The number of nitro groups is 1. The van der Waals surface area contributed by atoms with Gasteiger partial charge in [-0.15, -0.1) is 0 Å². The predicted octanol–water partition coefficient (Wildman–Crippen LogP) is 3.90. The Morgan fingerprint density at radius 3 is 2.71 bits per heavy atom. The van der Waals surface area contributed by atoms with Crippen molar-refractivity contribution in [3.8, 4) is 16.6 Å². The van der Waals surface area contributed by atoms with E-state index in [4.69, 9.17) is 9.47 Å². The summed E-state index contributed by atoms with van der Waals surface area (Å²) in [4.78, 5) is 11.0. The summed E-state index contributed by atoms with van der Waals surface area (Å²) in [6, 6.07) is 8.20. The first-order valence-corrected chi connectivity index (χ1v) is 7.19. The molecule has 0 aliphatic heterocycles. The Morgan fingerprint density at radius 1 is 1.38 bits per heavy atom. The molecular weight excluding hydrogens is 294 g/mol. The van der Waals surface area contributed by atoms with Crippen molar-refractivity contribution in [3.63, 3.8) is 0 Å². The first kappa shape index (κ1) is 15.3. The molecule has 1 N–H and O–H groups in total. The zero-order valence-electron chi connectivity index (χ0n) is 11.6. The Balaban J connectivity index is 2.30. The summed E-state index contributed by atoms with van der Waals surface area (Å²) in [5, 5.41) is 20.7. The summed E-state index contributed by atoms with van der Waals surface area (Å²) < 4.78 is 10.9. The van der Waals surface area contributed by atoms with Crippen LogP contribution in [-0.2, 0) is 0 Å². The molecule has 1 aromatic carbocycles. The van der Waals surface area contributed by atoms with Crippen molar-refractivity contribution in [2.75, 3.05) is 6.61 Å². The number of thiophene rings is 1. The van der Waals surface area contributed by atoms with E-state index in [2.05, 4.69) is 0 Å². The fourth-order valence-corrected chi connectivity index (χ4v) is 2.62. The Hall–Kier alpha value is -2.12. The zero-order valence-corrected chi connectivity index (χ0v) is 12.4. The molecule has 0 aliphatic rings. The highest BCUT2D eigenvalue weighted by atomic mass is 32.1. The number of rotatable bonds is 6. The van der Waals surface area contributed by atoms with Gasteiger partial charge in [-0.1, -0.05) is 17.4 Å². The molecule has 2 aromatic rings. The topological polar surface area (TPSA) is 81.8 Å². The van der Waals surface area contributed by atoms with Crippen LogP contribution in [0.25, 0.3) is 0 Å². The van der Waals surface area contributed by atoms with E-state index in [-0.39, 0.29) is 10.8 Å². The SMILES string of the molecule is CCOc1cccc(Oc2sc(C(C)O)cc2[N+](=O)[O-])c1. The number of ether oxygens (including phenoxy) is 2. The molecule has 21 heavy (non-hydrogen) atoms. The summed E-state index contributed by atoms with van der Waals surface area (Å²) in [5.41, 5.74) is -0.155. The first-order chi connectivity index (χ1) is 10.0. The van der Waals surface area contributed by atoms with Crippen molar-refractivity contribution < 1.29 is 19.5 Å². The van der Waals surface area contributed by atoms with Gasteiger partial charge in [-0.05, 0) is 26.0 Å². The van der Waals surface area contributed by atoms with E-state index in [1.165, 1.54) is 6.07 Å². The van der Waals surface area contributed by atoms with Crippen LogP contribution < -0.4 is 9.47 Å². The van der Waals surface area contributed by atoms with Crippen molar-refractivity contribution in [1.82, 2.24) is 0 Å². The molecule has 112 valence electrons. The van der Waals surface area contributed by atoms with Crippen molar-refractivity contribution >= 4 is 17.0 Å². The third kappa shape index (κ3) is 3.71. The van der Waals surface area contributed by atoms with Crippen LogP contribution in [0, 0.1) is 10.1 Å². The molecule has 0 radical (unpaired) electrons. The number of benzene rings is 1. The molecule has 0 saturated heterocycles. The molecular formula is C14H15NO5S. The average Bonchev–Trinajstić information content (AvgIpc) is 2.84. The fourth-order valence-electron chi connectivity index (χ4n) is 1.69. The van der Waals surface area contributed by atoms with Gasteiger partial charge in [0.05, 0.1) is 17.6 Å². The predicted molar refractivity (Wildman–Crippen MR) is 79.3 cm³/mol. The Bertz CT molecular complexity index is 638. The molecule has 7 heteroatoms. The summed E-state index contributed by atoms with van der Waals surface area (Å²) in [6.07, 6.45) is -0.777. The van der Waals surface area contributed by atoms with Crippen molar-refractivity contribution in [3.05, 3.63) is 45.3 Å². The minimum Gasteiger partial charge on any atom is -0.494 e. The highest BCUT2D eigenvalue weighted by Gasteiger charge is 2.23. The molecule has 0 saturated carbocycles. The molecule has 0 fully saturated rings. The second-order valence-corrected chi connectivity index (χ2v) is 5.31. The van der Waals surface area contributed by atoms with Crippen LogP contribution in [0.4, 0.5) is 5.69 Å². The number of hydrogen-bond acceptors (Lipinski definition) is 6. The van der Waals surface area contributed by atoms with Crippen LogP contribution in [0.2, 0.25) is 0 Å². The lowest BCUT2D eigenvalue weighted by atomic mass is 10.3. The molecule has 6 nitrogen and oxygen atoms in total. The first-order valence-electron chi connectivity index (χ1n) is 6.38. The molecule has 2 rings (SSSR count). The average molecular weight is 309 g/mol. The van der Waals surface area contributed by atoms with Gasteiger partial charge in [0.15, 0.2) is 0 Å². The van der Waals surface area contributed by atoms with Crippen LogP contribution in [0.1, 0.15) is 24.8 Å². The quantitative estimate of drug-likeness (QED) is 0.646. The highest BCUT2D eigenvalue weighted by Crippen LogP contribution is 2.42. The summed E-state index contributed by atoms with van der Waals surface area (Å²) in [7, 11) is 0. The molecule has 0 bridgehead atoms. The van der Waals surface area contributed by atoms with Gasteiger partial charge in [-0.2, -0.15) is 0 Å². The monoisotopic (exact) mass is 309 g/mol. The third-order valence-corrected chi connectivity index (χ3v) is 3.81. The molecule has 0 spiro atoms. The maximum atomic E-state index is 11.0. The number of nitrogens with zero attached hydrogens (tertiary/aromatic N) is 1. The van der Waals surface area contributed by atoms with Gasteiger partial charge in [0, 0.05) is 17.0 Å². The molecule has 1 aromatic heterocycles. The lowest BCUT2D eigenvalue weighted by molar-refractivity contribution is -0.385. The largest absolute Gasteiger partial charge is 0.494 e. The van der Waals surface area contributed by atoms with Crippen molar-refractivity contribution in [1.29, 1.82) is 0 Å². The minimum atomic E-state index is -0.777. The number of aliphatic hydroxyl groups is 1. The second kappa shape index (κ2) is 6.55. The maximum absolute atomic E-state index is 11.0. The van der Waals surface area contributed by atoms with Crippen molar-refractivity contribution in [2.45, 2.75) is 20.0 Å². The van der Waals surface area contributed by atoms with E-state index >= 15 is 0 Å². The van der Waals surface area contributed by atoms with E-state index in [1.807, 2.05) is 6.92 Å². The Labute approximate surface area is 125 Å². The van der Waals surface area contributed by atoms with Gasteiger partial charge in [-0.25, -0.2) is 0 Å². The van der Waals surface area contributed by atoms with E-state index in [0.717, 1.165) is 11.3 Å². The van der Waals surface area contributed by atoms with Gasteiger partial charge in [0.25, 0.3) is 5.06 Å². The molecule has 1 atom stereocenters. The van der Waals surface area contributed by atoms with E-state index in [9.17, 15) is 15.2 Å². The highest BCUT2D eigenvalue weighted by molar-refractivity contribution is 7.14. The van der Waals surface area contributed by atoms with Crippen molar-refractivity contribution in [2.24, 2.45) is 0 Å². The standard InChI is InChI=1S/C14H15NO5S/c1-3-19-10-5-4-6-11(7-10)20-14-12(15(17)18)8-13(21-14)9(2)16/h4-9,16H,3H2,1-2H3. The van der Waals surface area contributed by atoms with E-state index in [1.54, 1.807) is 31.2 Å². The summed E-state index contributed by atoms with van der Waals surface area (Å²) in [5.74, 6) is 1.08. The zero-order chi connectivity index (χ0) is 15.4. The normalized spacial score (nSPS) is 12.0. The summed E-state index contributed by atoms with van der Waals surface area (Å²) >= 11 is 1.06. The lowest BCUT2D eigenvalue weighted by Gasteiger charge is -2.06. The van der Waals surface area contributed by atoms with Crippen LogP contribution in [0.3, 0.4) is 0 Å². The summed E-state index contributed by atoms with van der Waals surface area (Å²) in [6.45, 7) is 3.94. The minimum absolute atomic E-state index is 0.143. The van der Waals surface area contributed by atoms with Crippen LogP contribution in [-0.4, -0.2) is 16.6 Å². The smallest absolute Gasteiger partial charge is 0.323 e. The van der Waals surface area contributed by atoms with E-state index in [0.29, 0.717) is 23.0 Å². The lowest BCUT2D eigenvalue weighted by Crippen LogP contribution is -1.92. The molecule has 0 aliphatic carbocycles. The van der Waals surface area contributed by atoms with Gasteiger partial charge in [-0.3, -0.25) is 10.1 Å². The Kier molecular flexibility index (Phi) is 4.77. The Morgan fingerprint density at radius 2 is 2.10 bits per heavy atom. The second-order valence-electron chi connectivity index (χ2n) is 4.26. The van der Waals surface area contributed by atoms with Gasteiger partial charge in [0.1, 0.15) is 11.5 Å². The van der Waals surface area contributed by atoms with E-state index < -0.39 is 11.0 Å². The van der Waals surface area contributed by atoms with Gasteiger partial charge < -0.3 is 14.6 Å². The number of hydrogen-bond donors (Lipinski definition) is 1. The maximum Gasteiger partial charge on any atom is 0.323 e. The molecule has 0 amide bonds. The van der Waals surface area contributed by atoms with Gasteiger partial charge >= 0.3 is 5.69 Å². The number of aliphatic hydroxyl groups excluding tert-OH is 1. The van der Waals surface area contributed by atoms with Crippen LogP contribution in [0.5, 0.6) is 16.6 Å². The molecule has 1 unspecified atom stereocenters. The van der Waals surface area contributed by atoms with Crippen LogP contribution >= 0.6 is 11.3 Å². The third-order valence-electron chi connectivity index (χ3n) is 2.63. The van der Waals surface area contributed by atoms with Crippen LogP contribution in [0.15, 0.2) is 30.3 Å². The fraction of sp³-hybridized carbons (Fsp3) is 0.286.